The first-order chi connectivity index (χ1) is 9.97. The zero-order valence-electron chi connectivity index (χ0n) is 11.3. The van der Waals surface area contributed by atoms with Gasteiger partial charge in [0.15, 0.2) is 0 Å². The molecule has 2 aromatic rings. The number of rotatable bonds is 5. The first kappa shape index (κ1) is 15.4. The van der Waals surface area contributed by atoms with Crippen LogP contribution < -0.4 is 5.32 Å². The number of nitrogens with one attached hydrogen (secondary N) is 1. The van der Waals surface area contributed by atoms with Gasteiger partial charge in [-0.2, -0.15) is 0 Å². The first-order valence-electron chi connectivity index (χ1n) is 6.39. The molecule has 110 valence electrons. The maximum absolute atomic E-state index is 13.2. The van der Waals surface area contributed by atoms with Gasteiger partial charge in [0.2, 0.25) is 0 Å². The van der Waals surface area contributed by atoms with Crippen molar-refractivity contribution in [3.63, 3.8) is 0 Å². The minimum absolute atomic E-state index is 0.00499. The van der Waals surface area contributed by atoms with E-state index in [0.29, 0.717) is 17.1 Å². The van der Waals surface area contributed by atoms with Gasteiger partial charge < -0.3 is 5.32 Å². The fraction of sp³-hybridized carbons (Fsp3) is 0.200. The summed E-state index contributed by atoms with van der Waals surface area (Å²) in [6.07, 6.45) is 0. The Morgan fingerprint density at radius 1 is 1.33 bits per heavy atom. The number of nitrogens with zero attached hydrogens (tertiary/aromatic N) is 1. The van der Waals surface area contributed by atoms with Gasteiger partial charge in [-0.3, -0.25) is 10.1 Å². The number of nitro groups is 1. The number of hydrogen-bond donors (Lipinski definition) is 1. The quantitative estimate of drug-likeness (QED) is 0.664. The predicted octanol–water partition coefficient (Wildman–Crippen LogP) is 4.24. The lowest BCUT2D eigenvalue weighted by Gasteiger charge is -2.15. The Morgan fingerprint density at radius 2 is 2.10 bits per heavy atom. The van der Waals surface area contributed by atoms with Crippen LogP contribution in [0.5, 0.6) is 0 Å². The second kappa shape index (κ2) is 6.65. The zero-order chi connectivity index (χ0) is 15.4. The average Bonchev–Trinajstić information content (AvgIpc) is 2.45. The van der Waals surface area contributed by atoms with Crippen LogP contribution in [0.15, 0.2) is 42.5 Å². The molecule has 0 aliphatic rings. The van der Waals surface area contributed by atoms with Crippen molar-refractivity contribution in [2.75, 3.05) is 0 Å². The van der Waals surface area contributed by atoms with Crippen LogP contribution in [0.1, 0.15) is 24.1 Å². The van der Waals surface area contributed by atoms with Crippen molar-refractivity contribution < 1.29 is 9.31 Å². The molecule has 0 fully saturated rings. The molecule has 0 saturated carbocycles. The molecule has 0 bridgehead atoms. The Bertz CT molecular complexity index is 664. The van der Waals surface area contributed by atoms with Crippen molar-refractivity contribution in [3.05, 3.63) is 74.5 Å². The molecule has 0 aliphatic carbocycles. The molecule has 0 saturated heterocycles. The maximum Gasteiger partial charge on any atom is 0.269 e. The summed E-state index contributed by atoms with van der Waals surface area (Å²) < 4.78 is 13.2. The van der Waals surface area contributed by atoms with Crippen LogP contribution in [-0.4, -0.2) is 4.92 Å². The molecule has 1 unspecified atom stereocenters. The second-order valence-corrected chi connectivity index (χ2v) is 5.10. The molecule has 1 atom stereocenters. The summed E-state index contributed by atoms with van der Waals surface area (Å²) in [5.41, 5.74) is 1.43. The highest BCUT2D eigenvalue weighted by Crippen LogP contribution is 2.23. The van der Waals surface area contributed by atoms with Gasteiger partial charge in [-0.15, -0.1) is 0 Å². The smallest absolute Gasteiger partial charge is 0.269 e. The van der Waals surface area contributed by atoms with E-state index in [4.69, 9.17) is 11.6 Å². The summed E-state index contributed by atoms with van der Waals surface area (Å²) in [4.78, 5) is 10.3. The molecule has 0 radical (unpaired) electrons. The largest absolute Gasteiger partial charge is 0.306 e. The van der Waals surface area contributed by atoms with Crippen LogP contribution >= 0.6 is 11.6 Å². The van der Waals surface area contributed by atoms with E-state index in [-0.39, 0.29) is 17.5 Å². The monoisotopic (exact) mass is 308 g/mol. The van der Waals surface area contributed by atoms with Gasteiger partial charge in [-0.1, -0.05) is 23.7 Å². The molecule has 0 aromatic heterocycles. The van der Waals surface area contributed by atoms with Gasteiger partial charge in [-0.05, 0) is 36.2 Å². The van der Waals surface area contributed by atoms with Gasteiger partial charge >= 0.3 is 0 Å². The van der Waals surface area contributed by atoms with E-state index in [1.54, 1.807) is 6.07 Å². The summed E-state index contributed by atoms with van der Waals surface area (Å²) in [6.45, 7) is 2.25. The van der Waals surface area contributed by atoms with Crippen molar-refractivity contribution in [2.45, 2.75) is 19.5 Å². The highest BCUT2D eigenvalue weighted by atomic mass is 35.5. The molecular formula is C15H14ClFN2O2. The number of hydrogen-bond acceptors (Lipinski definition) is 3. The van der Waals surface area contributed by atoms with E-state index in [9.17, 15) is 14.5 Å². The van der Waals surface area contributed by atoms with Gasteiger partial charge in [0.05, 0.1) is 4.92 Å². The van der Waals surface area contributed by atoms with Crippen LogP contribution in [0.4, 0.5) is 10.1 Å². The standard InChI is InChI=1S/C15H14ClFN2O2/c1-10(11-3-2-4-13(17)7-11)18-9-12-8-14(19(20)21)5-6-15(12)16/h2-8,10,18H,9H2,1H3. The van der Waals surface area contributed by atoms with Crippen LogP contribution in [-0.2, 0) is 6.54 Å². The summed E-state index contributed by atoms with van der Waals surface area (Å²) in [7, 11) is 0. The molecule has 2 rings (SSSR count). The molecule has 2 aromatic carbocycles. The van der Waals surface area contributed by atoms with E-state index in [1.165, 1.54) is 30.3 Å². The van der Waals surface area contributed by atoms with Crippen molar-refractivity contribution in [1.29, 1.82) is 0 Å². The third-order valence-corrected chi connectivity index (χ3v) is 3.56. The van der Waals surface area contributed by atoms with Gasteiger partial charge in [-0.25, -0.2) is 4.39 Å². The molecular weight excluding hydrogens is 295 g/mol. The topological polar surface area (TPSA) is 55.2 Å². The number of benzene rings is 2. The Hall–Kier alpha value is -1.98. The Labute approximate surface area is 126 Å². The van der Waals surface area contributed by atoms with Crippen molar-refractivity contribution in [3.8, 4) is 0 Å². The molecule has 6 heteroatoms. The lowest BCUT2D eigenvalue weighted by atomic mass is 10.1. The van der Waals surface area contributed by atoms with Crippen LogP contribution in [0.25, 0.3) is 0 Å². The lowest BCUT2D eigenvalue weighted by Crippen LogP contribution is -2.18. The van der Waals surface area contributed by atoms with Gasteiger partial charge in [0.1, 0.15) is 5.82 Å². The van der Waals surface area contributed by atoms with E-state index < -0.39 is 4.92 Å². The summed E-state index contributed by atoms with van der Waals surface area (Å²) in [5.74, 6) is -0.297. The molecule has 0 aliphatic heterocycles. The van der Waals surface area contributed by atoms with Crippen molar-refractivity contribution in [1.82, 2.24) is 5.32 Å². The SMILES string of the molecule is CC(NCc1cc([N+](=O)[O-])ccc1Cl)c1cccc(F)c1. The van der Waals surface area contributed by atoms with Gasteiger partial charge in [0, 0.05) is 29.7 Å². The maximum atomic E-state index is 13.2. The van der Waals surface area contributed by atoms with E-state index in [2.05, 4.69) is 5.32 Å². The first-order valence-corrected chi connectivity index (χ1v) is 6.77. The van der Waals surface area contributed by atoms with E-state index in [0.717, 1.165) is 5.56 Å². The Morgan fingerprint density at radius 3 is 2.76 bits per heavy atom. The Balaban J connectivity index is 2.09. The molecule has 21 heavy (non-hydrogen) atoms. The Kier molecular flexibility index (Phi) is 4.88. The van der Waals surface area contributed by atoms with Gasteiger partial charge in [0.25, 0.3) is 5.69 Å². The normalized spacial score (nSPS) is 12.1. The van der Waals surface area contributed by atoms with Crippen LogP contribution in [0.2, 0.25) is 5.02 Å². The predicted molar refractivity (Wildman–Crippen MR) is 79.8 cm³/mol. The number of halogens is 2. The van der Waals surface area contributed by atoms with Crippen LogP contribution in [0, 0.1) is 15.9 Å². The third-order valence-electron chi connectivity index (χ3n) is 3.19. The average molecular weight is 309 g/mol. The third kappa shape index (κ3) is 4.00. The van der Waals surface area contributed by atoms with E-state index in [1.807, 2.05) is 13.0 Å². The molecule has 0 heterocycles. The van der Waals surface area contributed by atoms with E-state index >= 15 is 0 Å². The molecule has 1 N–H and O–H groups in total. The minimum atomic E-state index is -0.462. The minimum Gasteiger partial charge on any atom is -0.306 e. The fourth-order valence-electron chi connectivity index (χ4n) is 1.97. The summed E-state index contributed by atoms with van der Waals surface area (Å²) >= 11 is 6.03. The van der Waals surface area contributed by atoms with Crippen molar-refractivity contribution >= 4 is 17.3 Å². The highest BCUT2D eigenvalue weighted by Gasteiger charge is 2.11. The number of nitro benzene ring substituents is 1. The van der Waals surface area contributed by atoms with Crippen LogP contribution in [0.3, 0.4) is 0 Å². The zero-order valence-corrected chi connectivity index (χ0v) is 12.1. The lowest BCUT2D eigenvalue weighted by molar-refractivity contribution is -0.384. The molecule has 0 spiro atoms. The highest BCUT2D eigenvalue weighted by molar-refractivity contribution is 6.31. The summed E-state index contributed by atoms with van der Waals surface area (Å²) in [5, 5.41) is 14.4. The second-order valence-electron chi connectivity index (χ2n) is 4.69. The number of non-ortho nitro benzene ring substituents is 1. The molecule has 0 amide bonds. The van der Waals surface area contributed by atoms with Crippen molar-refractivity contribution in [2.24, 2.45) is 0 Å². The summed E-state index contributed by atoms with van der Waals surface area (Å²) in [6, 6.07) is 10.5. The fourth-order valence-corrected chi connectivity index (χ4v) is 2.15. The molecule has 4 nitrogen and oxygen atoms in total.